The third-order valence-corrected chi connectivity index (χ3v) is 7.97. The number of carbonyl (C=O) groups is 3. The molecule has 2 aromatic rings. The summed E-state index contributed by atoms with van der Waals surface area (Å²) in [6, 6.07) is 5.82. The number of ether oxygens (including phenoxy) is 1. The molecule has 2 aliphatic rings. The molecule has 1 aromatic carbocycles. The number of hydrogen-bond donors (Lipinski definition) is 2. The second-order valence-corrected chi connectivity index (χ2v) is 11.1. The number of rotatable bonds is 7. The minimum atomic E-state index is -1.77. The van der Waals surface area contributed by atoms with Gasteiger partial charge in [-0.05, 0) is 56.6 Å². The van der Waals surface area contributed by atoms with Crippen LogP contribution in [0.2, 0.25) is 0 Å². The minimum absolute atomic E-state index is 0.235. The van der Waals surface area contributed by atoms with Gasteiger partial charge in [-0.15, -0.1) is 11.3 Å². The van der Waals surface area contributed by atoms with Gasteiger partial charge < -0.3 is 20.3 Å². The monoisotopic (exact) mass is 526 g/mol. The van der Waals surface area contributed by atoms with E-state index in [2.05, 4.69) is 22.1 Å². The zero-order chi connectivity index (χ0) is 26.7. The standard InChI is InChI=1S/C26H34N6O4S/c1-16-7-9-20(17-8-10-21-19(14-17)29-22(37-21)11-13-31(2)3)32(15-16)25(35)24(34)30-26(36-4)18(23(27)33)6-5-12-28-26/h5-6,8,10,12,14,16,18,20H,7,9,11,13,15H2,1-4H3,(H2,27,33)(H,30,34). The van der Waals surface area contributed by atoms with Crippen molar-refractivity contribution in [2.24, 2.45) is 22.6 Å². The van der Waals surface area contributed by atoms with Crippen molar-refractivity contribution >= 4 is 45.5 Å². The molecular formula is C26H34N6O4S. The summed E-state index contributed by atoms with van der Waals surface area (Å²) in [7, 11) is 5.38. The summed E-state index contributed by atoms with van der Waals surface area (Å²) in [6.07, 6.45) is 6.96. The highest BCUT2D eigenvalue weighted by atomic mass is 32.1. The lowest BCUT2D eigenvalue weighted by Crippen LogP contribution is -2.61. The lowest BCUT2D eigenvalue weighted by Gasteiger charge is -2.40. The Kier molecular flexibility index (Phi) is 8.05. The van der Waals surface area contributed by atoms with Crippen molar-refractivity contribution in [2.75, 3.05) is 34.3 Å². The van der Waals surface area contributed by atoms with Crippen molar-refractivity contribution in [3.63, 3.8) is 0 Å². The molecule has 3 amide bonds. The number of aromatic nitrogens is 1. The molecule has 0 saturated carbocycles. The number of likely N-dealkylation sites (tertiary alicyclic amines) is 1. The van der Waals surface area contributed by atoms with Crippen LogP contribution in [0.15, 0.2) is 35.3 Å². The molecule has 4 unspecified atom stereocenters. The van der Waals surface area contributed by atoms with E-state index in [1.807, 2.05) is 32.3 Å². The average molecular weight is 527 g/mol. The SMILES string of the molecule is COC1(NC(=O)C(=O)N2CC(C)CCC2c2ccc3sc(CCN(C)C)nc3c2)N=CC=CC1C(N)=O. The van der Waals surface area contributed by atoms with Crippen LogP contribution in [0.25, 0.3) is 10.2 Å². The van der Waals surface area contributed by atoms with E-state index in [-0.39, 0.29) is 12.0 Å². The Morgan fingerprint density at radius 3 is 2.78 bits per heavy atom. The number of aliphatic imine (C=N–C) groups is 1. The van der Waals surface area contributed by atoms with Crippen LogP contribution in [0, 0.1) is 11.8 Å². The normalized spacial score (nSPS) is 25.5. The van der Waals surface area contributed by atoms with Gasteiger partial charge in [-0.2, -0.15) is 0 Å². The maximum absolute atomic E-state index is 13.5. The Morgan fingerprint density at radius 1 is 1.30 bits per heavy atom. The number of likely N-dealkylation sites (N-methyl/N-ethyl adjacent to an activating group) is 1. The summed E-state index contributed by atoms with van der Waals surface area (Å²) in [6.45, 7) is 3.41. The Morgan fingerprint density at radius 2 is 2.08 bits per heavy atom. The smallest absolute Gasteiger partial charge is 0.313 e. The van der Waals surface area contributed by atoms with E-state index >= 15 is 0 Å². The number of nitrogens with one attached hydrogen (secondary N) is 1. The van der Waals surface area contributed by atoms with E-state index in [0.29, 0.717) is 6.54 Å². The number of benzene rings is 1. The maximum atomic E-state index is 13.5. The van der Waals surface area contributed by atoms with E-state index in [9.17, 15) is 14.4 Å². The molecular weight excluding hydrogens is 492 g/mol. The van der Waals surface area contributed by atoms with Gasteiger partial charge in [-0.3, -0.25) is 19.7 Å². The van der Waals surface area contributed by atoms with Gasteiger partial charge >= 0.3 is 11.8 Å². The molecule has 10 nitrogen and oxygen atoms in total. The number of nitrogens with two attached hydrogens (primary N) is 1. The lowest BCUT2D eigenvalue weighted by atomic mass is 9.89. The van der Waals surface area contributed by atoms with Crippen LogP contribution in [-0.2, 0) is 25.5 Å². The summed E-state index contributed by atoms with van der Waals surface area (Å²) >= 11 is 1.68. The highest BCUT2D eigenvalue weighted by Crippen LogP contribution is 2.36. The first kappa shape index (κ1) is 26.9. The van der Waals surface area contributed by atoms with Crippen LogP contribution in [0.3, 0.4) is 0 Å². The van der Waals surface area contributed by atoms with Crippen molar-refractivity contribution in [3.8, 4) is 0 Å². The number of fused-ring (bicyclic) bond motifs is 1. The molecule has 1 fully saturated rings. The number of dihydropyridines is 1. The predicted octanol–water partition coefficient (Wildman–Crippen LogP) is 1.86. The van der Waals surface area contributed by atoms with Gasteiger partial charge in [0, 0.05) is 32.8 Å². The van der Waals surface area contributed by atoms with Crippen LogP contribution in [0.5, 0.6) is 0 Å². The van der Waals surface area contributed by atoms with Gasteiger partial charge in [-0.25, -0.2) is 9.98 Å². The summed E-state index contributed by atoms with van der Waals surface area (Å²) in [4.78, 5) is 51.4. The van der Waals surface area contributed by atoms with Crippen molar-refractivity contribution in [1.29, 1.82) is 0 Å². The van der Waals surface area contributed by atoms with Gasteiger partial charge in [0.2, 0.25) is 5.91 Å². The molecule has 37 heavy (non-hydrogen) atoms. The molecule has 3 heterocycles. The maximum Gasteiger partial charge on any atom is 0.313 e. The van der Waals surface area contributed by atoms with E-state index in [1.165, 1.54) is 19.4 Å². The number of piperidine rings is 1. The number of primary amides is 1. The Hall–Kier alpha value is -3.15. The average Bonchev–Trinajstić information content (AvgIpc) is 3.29. The van der Waals surface area contributed by atoms with Gasteiger partial charge in [0.25, 0.3) is 5.85 Å². The number of allylic oxidation sites excluding steroid dienone is 1. The zero-order valence-corrected chi connectivity index (χ0v) is 22.5. The molecule has 4 rings (SSSR count). The highest BCUT2D eigenvalue weighted by molar-refractivity contribution is 7.18. The molecule has 11 heteroatoms. The third-order valence-electron chi connectivity index (χ3n) is 6.87. The van der Waals surface area contributed by atoms with Gasteiger partial charge in [-0.1, -0.05) is 19.1 Å². The van der Waals surface area contributed by atoms with Crippen LogP contribution < -0.4 is 11.1 Å². The molecule has 1 saturated heterocycles. The van der Waals surface area contributed by atoms with Crippen molar-refractivity contribution in [2.45, 2.75) is 38.1 Å². The van der Waals surface area contributed by atoms with Crippen LogP contribution in [0.1, 0.15) is 36.4 Å². The summed E-state index contributed by atoms with van der Waals surface area (Å²) in [5.41, 5.74) is 7.36. The highest BCUT2D eigenvalue weighted by Gasteiger charge is 2.46. The number of amides is 3. The zero-order valence-electron chi connectivity index (χ0n) is 21.6. The number of carbonyl (C=O) groups excluding carboxylic acids is 3. The Labute approximate surface area is 220 Å². The second-order valence-electron chi connectivity index (χ2n) is 9.94. The minimum Gasteiger partial charge on any atom is -0.369 e. The molecule has 2 aliphatic heterocycles. The molecule has 3 N–H and O–H groups in total. The quantitative estimate of drug-likeness (QED) is 0.418. The second kappa shape index (κ2) is 11.1. The first-order valence-corrected chi connectivity index (χ1v) is 13.2. The van der Waals surface area contributed by atoms with E-state index < -0.39 is 29.5 Å². The van der Waals surface area contributed by atoms with Crippen molar-refractivity contribution < 1.29 is 19.1 Å². The number of hydrogen-bond acceptors (Lipinski definition) is 8. The van der Waals surface area contributed by atoms with Gasteiger partial charge in [0.05, 0.1) is 21.3 Å². The summed E-state index contributed by atoms with van der Waals surface area (Å²) < 4.78 is 6.51. The molecule has 4 atom stereocenters. The summed E-state index contributed by atoms with van der Waals surface area (Å²) in [5, 5.41) is 3.61. The largest absolute Gasteiger partial charge is 0.369 e. The van der Waals surface area contributed by atoms with E-state index in [0.717, 1.165) is 46.6 Å². The first-order valence-electron chi connectivity index (χ1n) is 12.4. The molecule has 0 radical (unpaired) electrons. The predicted molar refractivity (Wildman–Crippen MR) is 143 cm³/mol. The topological polar surface area (TPSA) is 130 Å². The first-order chi connectivity index (χ1) is 17.6. The van der Waals surface area contributed by atoms with E-state index in [4.69, 9.17) is 15.5 Å². The number of methoxy groups -OCH3 is 1. The lowest BCUT2D eigenvalue weighted by molar-refractivity contribution is -0.157. The molecule has 1 aromatic heterocycles. The van der Waals surface area contributed by atoms with Crippen molar-refractivity contribution in [1.82, 2.24) is 20.1 Å². The third kappa shape index (κ3) is 5.73. The fraction of sp³-hybridized carbons (Fsp3) is 0.500. The Bertz CT molecular complexity index is 1240. The molecule has 0 aliphatic carbocycles. The molecule has 0 bridgehead atoms. The Balaban J connectivity index is 1.57. The van der Waals surface area contributed by atoms with E-state index in [1.54, 1.807) is 22.3 Å². The number of nitrogens with zero attached hydrogens (tertiary/aromatic N) is 4. The van der Waals surface area contributed by atoms with Gasteiger partial charge in [0.1, 0.15) is 5.92 Å². The van der Waals surface area contributed by atoms with Crippen LogP contribution >= 0.6 is 11.3 Å². The summed E-state index contributed by atoms with van der Waals surface area (Å²) in [5.74, 6) is -4.92. The molecule has 0 spiro atoms. The van der Waals surface area contributed by atoms with Crippen LogP contribution in [0.4, 0.5) is 0 Å². The van der Waals surface area contributed by atoms with Gasteiger partial charge in [0.15, 0.2) is 0 Å². The molecule has 198 valence electrons. The number of thiazole rings is 1. The fourth-order valence-corrected chi connectivity index (χ4v) is 5.79. The van der Waals surface area contributed by atoms with Crippen molar-refractivity contribution in [3.05, 3.63) is 40.9 Å². The fourth-order valence-electron chi connectivity index (χ4n) is 4.85. The van der Waals surface area contributed by atoms with Crippen LogP contribution in [-0.4, -0.2) is 78.9 Å².